The van der Waals surface area contributed by atoms with E-state index in [4.69, 9.17) is 0 Å². The summed E-state index contributed by atoms with van der Waals surface area (Å²) in [5.74, 6) is 0. The van der Waals surface area contributed by atoms with Gasteiger partial charge in [-0.15, -0.1) is 0 Å². The van der Waals surface area contributed by atoms with Crippen LogP contribution in [0.15, 0.2) is 11.4 Å². The lowest BCUT2D eigenvalue weighted by atomic mass is 10.4. The van der Waals surface area contributed by atoms with Crippen LogP contribution in [-0.2, 0) is 0 Å². The maximum Gasteiger partial charge on any atom is 0.107 e. The zero-order chi connectivity index (χ0) is 7.89. The van der Waals surface area contributed by atoms with Gasteiger partial charge in [-0.05, 0) is 20.8 Å². The Bertz CT molecular complexity index is 158. The summed E-state index contributed by atoms with van der Waals surface area (Å²) in [7, 11) is 2.13. The van der Waals surface area contributed by atoms with Crippen molar-refractivity contribution in [2.24, 2.45) is 0 Å². The predicted molar refractivity (Wildman–Crippen MR) is 51.5 cm³/mol. The van der Waals surface area contributed by atoms with Gasteiger partial charge in [0.15, 0.2) is 0 Å². The fourth-order valence-electron chi connectivity index (χ4n) is 1.12. The lowest BCUT2D eigenvalue weighted by Gasteiger charge is -2.23. The molecule has 1 aliphatic heterocycles. The third-order valence-electron chi connectivity index (χ3n) is 2.26. The van der Waals surface area contributed by atoms with E-state index in [0.29, 0.717) is 6.17 Å². The van der Waals surface area contributed by atoms with E-state index in [0.717, 1.165) is 0 Å². The zero-order valence-electron chi connectivity index (χ0n) is 6.85. The number of allylic oxidation sites excluding steroid dienone is 2. The van der Waals surface area contributed by atoms with Crippen LogP contribution in [0.25, 0.3) is 0 Å². The summed E-state index contributed by atoms with van der Waals surface area (Å²) in [6.07, 6.45) is 0.514. The smallest absolute Gasteiger partial charge is 0.107 e. The largest absolute Gasteiger partial charge is 0.356 e. The van der Waals surface area contributed by atoms with E-state index in [1.54, 1.807) is 0 Å². The Morgan fingerprint density at radius 2 is 1.80 bits per heavy atom. The fraction of sp³-hybridized carbons (Fsp3) is 0.714. The molecule has 0 amide bonds. The first-order valence-electron chi connectivity index (χ1n) is 3.41. The second-order valence-electron chi connectivity index (χ2n) is 2.72. The Hall–Kier alpha value is 0.0700. The normalized spacial score (nSPS) is 26.7. The predicted octanol–water partition coefficient (Wildman–Crippen LogP) is 2.18. The average molecular weight is 252 g/mol. The Kier molecular flexibility index (Phi) is 2.12. The highest BCUT2D eigenvalue weighted by atomic mass is 127. The van der Waals surface area contributed by atoms with Gasteiger partial charge in [0.05, 0.1) is 22.9 Å². The number of nitrogens with zero attached hydrogens (tertiary/aromatic N) is 2. The van der Waals surface area contributed by atoms with E-state index < -0.39 is 0 Å². The maximum absolute atomic E-state index is 2.35. The van der Waals surface area contributed by atoms with E-state index >= 15 is 0 Å². The molecule has 0 radical (unpaired) electrons. The van der Waals surface area contributed by atoms with Gasteiger partial charge in [0.1, 0.15) is 6.17 Å². The van der Waals surface area contributed by atoms with Crippen molar-refractivity contribution in [1.29, 1.82) is 0 Å². The molecule has 1 rings (SSSR count). The third kappa shape index (κ3) is 1.00. The molecule has 0 aromatic heterocycles. The van der Waals surface area contributed by atoms with Gasteiger partial charge in [-0.3, -0.25) is 3.11 Å². The van der Waals surface area contributed by atoms with Crippen molar-refractivity contribution in [2.75, 3.05) is 7.05 Å². The Morgan fingerprint density at radius 3 is 1.90 bits per heavy atom. The van der Waals surface area contributed by atoms with E-state index in [9.17, 15) is 0 Å². The molecule has 0 N–H and O–H groups in total. The first kappa shape index (κ1) is 8.17. The van der Waals surface area contributed by atoms with E-state index in [2.05, 4.69) is 58.7 Å². The second kappa shape index (κ2) is 2.60. The summed E-state index contributed by atoms with van der Waals surface area (Å²) in [5.41, 5.74) is 2.75. The van der Waals surface area contributed by atoms with Gasteiger partial charge >= 0.3 is 0 Å². The molecule has 58 valence electrons. The number of hydrogen-bond acceptors (Lipinski definition) is 2. The van der Waals surface area contributed by atoms with Gasteiger partial charge in [-0.2, -0.15) is 0 Å². The molecule has 0 spiro atoms. The van der Waals surface area contributed by atoms with Gasteiger partial charge in [0.25, 0.3) is 0 Å². The van der Waals surface area contributed by atoms with Crippen LogP contribution in [0, 0.1) is 0 Å². The van der Waals surface area contributed by atoms with Crippen LogP contribution in [0.5, 0.6) is 0 Å². The lowest BCUT2D eigenvalue weighted by molar-refractivity contribution is 0.282. The van der Waals surface area contributed by atoms with Crippen LogP contribution in [0.2, 0.25) is 0 Å². The molecule has 1 aliphatic rings. The Morgan fingerprint density at radius 1 is 1.30 bits per heavy atom. The van der Waals surface area contributed by atoms with Crippen molar-refractivity contribution in [3.63, 3.8) is 0 Å². The molecule has 0 saturated carbocycles. The van der Waals surface area contributed by atoms with Crippen molar-refractivity contribution in [3.05, 3.63) is 11.4 Å². The minimum Gasteiger partial charge on any atom is -0.356 e. The maximum atomic E-state index is 2.35. The molecule has 1 atom stereocenters. The van der Waals surface area contributed by atoms with E-state index in [1.165, 1.54) is 11.4 Å². The molecule has 3 heteroatoms. The van der Waals surface area contributed by atoms with Crippen molar-refractivity contribution in [3.8, 4) is 0 Å². The van der Waals surface area contributed by atoms with Crippen LogP contribution in [-0.4, -0.2) is 21.2 Å². The van der Waals surface area contributed by atoms with Crippen LogP contribution >= 0.6 is 22.9 Å². The van der Waals surface area contributed by atoms with Crippen molar-refractivity contribution in [2.45, 2.75) is 26.9 Å². The SMILES string of the molecule is CC1=C(C)N(I)C(C)N1C. The topological polar surface area (TPSA) is 6.48 Å². The highest BCUT2D eigenvalue weighted by Crippen LogP contribution is 2.29. The summed E-state index contributed by atoms with van der Waals surface area (Å²) in [6, 6.07) is 0. The quantitative estimate of drug-likeness (QED) is 0.481. The number of halogens is 1. The highest BCUT2D eigenvalue weighted by Gasteiger charge is 2.25. The summed E-state index contributed by atoms with van der Waals surface area (Å²) >= 11 is 2.35. The minimum atomic E-state index is 0.514. The van der Waals surface area contributed by atoms with Crippen molar-refractivity contribution >= 4 is 22.9 Å². The van der Waals surface area contributed by atoms with Gasteiger partial charge in [-0.1, -0.05) is 0 Å². The van der Waals surface area contributed by atoms with Crippen LogP contribution in [0.4, 0.5) is 0 Å². The van der Waals surface area contributed by atoms with E-state index in [1.807, 2.05) is 0 Å². The van der Waals surface area contributed by atoms with Crippen LogP contribution in [0.1, 0.15) is 20.8 Å². The van der Waals surface area contributed by atoms with Crippen molar-refractivity contribution in [1.82, 2.24) is 8.01 Å². The fourth-order valence-corrected chi connectivity index (χ4v) is 1.85. The minimum absolute atomic E-state index is 0.514. The molecular formula is C7H13IN2. The summed E-state index contributed by atoms with van der Waals surface area (Å²) in [6.45, 7) is 6.51. The number of hydrogen-bond donors (Lipinski definition) is 0. The van der Waals surface area contributed by atoms with Crippen LogP contribution in [0.3, 0.4) is 0 Å². The molecule has 0 aromatic carbocycles. The summed E-state index contributed by atoms with van der Waals surface area (Å²) < 4.78 is 2.26. The molecular weight excluding hydrogens is 239 g/mol. The summed E-state index contributed by atoms with van der Waals surface area (Å²) in [5, 5.41) is 0. The van der Waals surface area contributed by atoms with Crippen molar-refractivity contribution < 1.29 is 0 Å². The second-order valence-corrected chi connectivity index (χ2v) is 3.76. The van der Waals surface area contributed by atoms with Gasteiger partial charge in [0.2, 0.25) is 0 Å². The first-order valence-corrected chi connectivity index (χ1v) is 4.37. The molecule has 0 aliphatic carbocycles. The lowest BCUT2D eigenvalue weighted by Crippen LogP contribution is -2.29. The van der Waals surface area contributed by atoms with Gasteiger partial charge in [-0.25, -0.2) is 0 Å². The molecule has 1 heterocycles. The molecule has 0 aromatic rings. The Balaban J connectivity index is 2.88. The molecule has 2 nitrogen and oxygen atoms in total. The first-order chi connectivity index (χ1) is 4.55. The monoisotopic (exact) mass is 252 g/mol. The molecule has 10 heavy (non-hydrogen) atoms. The highest BCUT2D eigenvalue weighted by molar-refractivity contribution is 14.1. The molecule has 1 unspecified atom stereocenters. The van der Waals surface area contributed by atoms with Gasteiger partial charge in [0, 0.05) is 18.4 Å². The van der Waals surface area contributed by atoms with Crippen LogP contribution < -0.4 is 0 Å². The Labute approximate surface area is 76.4 Å². The van der Waals surface area contributed by atoms with E-state index in [-0.39, 0.29) is 0 Å². The number of rotatable bonds is 0. The zero-order valence-corrected chi connectivity index (χ0v) is 9.01. The third-order valence-corrected chi connectivity index (χ3v) is 3.79. The summed E-state index contributed by atoms with van der Waals surface area (Å²) in [4.78, 5) is 2.28. The molecule has 0 bridgehead atoms. The molecule has 0 fully saturated rings. The molecule has 0 saturated heterocycles. The average Bonchev–Trinajstić information content (AvgIpc) is 2.07. The standard InChI is InChI=1S/C7H13IN2/c1-5-6(2)10(8)7(3)9(5)4/h7H,1-4H3. The van der Waals surface area contributed by atoms with Gasteiger partial charge < -0.3 is 4.90 Å².